The molecule has 3 rings (SSSR count). The first-order chi connectivity index (χ1) is 11.1. The molecule has 3 heterocycles. The van der Waals surface area contributed by atoms with Crippen LogP contribution >= 0.6 is 0 Å². The number of nitrogens with zero attached hydrogens (tertiary/aromatic N) is 4. The minimum absolute atomic E-state index is 0.124. The van der Waals surface area contributed by atoms with Crippen LogP contribution in [0.4, 0.5) is 0 Å². The van der Waals surface area contributed by atoms with Crippen LogP contribution < -0.4 is 0 Å². The van der Waals surface area contributed by atoms with E-state index in [0.717, 1.165) is 12.1 Å². The molecule has 7 nitrogen and oxygen atoms in total. The van der Waals surface area contributed by atoms with Crippen LogP contribution in [-0.4, -0.2) is 69.5 Å². The summed E-state index contributed by atoms with van der Waals surface area (Å²) in [6.07, 6.45) is 7.88. The van der Waals surface area contributed by atoms with Crippen LogP contribution in [0.15, 0.2) is 18.6 Å². The molecule has 0 bridgehead atoms. The van der Waals surface area contributed by atoms with Crippen molar-refractivity contribution >= 4 is 11.8 Å². The Kier molecular flexibility index (Phi) is 4.30. The van der Waals surface area contributed by atoms with E-state index in [0.29, 0.717) is 32.4 Å². The molecule has 0 radical (unpaired) electrons. The second kappa shape index (κ2) is 6.23. The zero-order chi connectivity index (χ0) is 16.4. The Morgan fingerprint density at radius 1 is 1.39 bits per heavy atom. The van der Waals surface area contributed by atoms with E-state index < -0.39 is 6.61 Å². The lowest BCUT2D eigenvalue weighted by molar-refractivity contribution is -0.143. The fourth-order valence-electron chi connectivity index (χ4n) is 3.80. The molecule has 0 aromatic carbocycles. The summed E-state index contributed by atoms with van der Waals surface area (Å²) in [5.74, 6) is -0.0859. The molecule has 0 aliphatic carbocycles. The van der Waals surface area contributed by atoms with Gasteiger partial charge >= 0.3 is 0 Å². The van der Waals surface area contributed by atoms with Crippen molar-refractivity contribution < 1.29 is 14.7 Å². The summed E-state index contributed by atoms with van der Waals surface area (Å²) < 4.78 is 0. The van der Waals surface area contributed by atoms with E-state index in [1.54, 1.807) is 23.5 Å². The van der Waals surface area contributed by atoms with Gasteiger partial charge in [0.25, 0.3) is 0 Å². The Balaban J connectivity index is 1.68. The average Bonchev–Trinajstić information content (AvgIpc) is 2.81. The minimum atomic E-state index is -0.462. The lowest BCUT2D eigenvalue weighted by atomic mass is 9.75. The summed E-state index contributed by atoms with van der Waals surface area (Å²) in [5, 5.41) is 8.96. The Morgan fingerprint density at radius 2 is 2.13 bits per heavy atom. The molecule has 1 atom stereocenters. The molecular weight excluding hydrogens is 296 g/mol. The molecular formula is C16H22N4O3. The number of likely N-dealkylation sites (tertiary alicyclic amines) is 2. The number of carbonyl (C=O) groups is 2. The van der Waals surface area contributed by atoms with E-state index in [-0.39, 0.29) is 23.3 Å². The zero-order valence-electron chi connectivity index (χ0n) is 13.3. The van der Waals surface area contributed by atoms with E-state index in [1.165, 1.54) is 0 Å². The zero-order valence-corrected chi connectivity index (χ0v) is 13.3. The van der Waals surface area contributed by atoms with Crippen LogP contribution in [0.1, 0.15) is 25.0 Å². The number of carbonyl (C=O) groups excluding carboxylic acids is 2. The highest BCUT2D eigenvalue weighted by atomic mass is 16.3. The quantitative estimate of drug-likeness (QED) is 0.837. The lowest BCUT2D eigenvalue weighted by Gasteiger charge is -2.37. The van der Waals surface area contributed by atoms with Gasteiger partial charge in [-0.25, -0.2) is 0 Å². The molecule has 2 aliphatic heterocycles. The first kappa shape index (κ1) is 15.9. The second-order valence-electron chi connectivity index (χ2n) is 6.49. The topological polar surface area (TPSA) is 86.6 Å². The van der Waals surface area contributed by atoms with E-state index in [4.69, 9.17) is 5.11 Å². The normalized spacial score (nSPS) is 23.6. The summed E-state index contributed by atoms with van der Waals surface area (Å²) in [7, 11) is 1.85. The third kappa shape index (κ3) is 2.93. The minimum Gasteiger partial charge on any atom is -0.387 e. The largest absolute Gasteiger partial charge is 0.387 e. The smallest absolute Gasteiger partial charge is 0.248 e. The van der Waals surface area contributed by atoms with E-state index in [2.05, 4.69) is 9.97 Å². The predicted octanol–water partition coefficient (Wildman–Crippen LogP) is -0.149. The van der Waals surface area contributed by atoms with Crippen molar-refractivity contribution in [2.45, 2.75) is 31.7 Å². The molecule has 7 heteroatoms. The van der Waals surface area contributed by atoms with Crippen molar-refractivity contribution in [3.05, 3.63) is 24.3 Å². The Morgan fingerprint density at radius 3 is 2.74 bits per heavy atom. The molecule has 2 amide bonds. The maximum absolute atomic E-state index is 12.8. The fraction of sp³-hybridized carbons (Fsp3) is 0.625. The van der Waals surface area contributed by atoms with Crippen LogP contribution in [0.2, 0.25) is 0 Å². The van der Waals surface area contributed by atoms with Crippen molar-refractivity contribution in [3.8, 4) is 0 Å². The Labute approximate surface area is 135 Å². The Hall–Kier alpha value is -2.02. The van der Waals surface area contributed by atoms with Crippen molar-refractivity contribution in [3.63, 3.8) is 0 Å². The molecule has 23 heavy (non-hydrogen) atoms. The van der Waals surface area contributed by atoms with Crippen LogP contribution in [0.25, 0.3) is 0 Å². The van der Waals surface area contributed by atoms with Crippen LogP contribution in [0.3, 0.4) is 0 Å². The van der Waals surface area contributed by atoms with Crippen LogP contribution in [0, 0.1) is 5.41 Å². The number of aliphatic hydroxyl groups excluding tert-OH is 1. The number of likely N-dealkylation sites (N-methyl/N-ethyl adjacent to an activating group) is 1. The molecule has 0 saturated carbocycles. The molecule has 1 N–H and O–H groups in total. The predicted molar refractivity (Wildman–Crippen MR) is 82.2 cm³/mol. The monoisotopic (exact) mass is 318 g/mol. The molecule has 1 aromatic rings. The molecule has 2 saturated heterocycles. The molecule has 2 aliphatic rings. The molecule has 1 unspecified atom stereocenters. The summed E-state index contributed by atoms with van der Waals surface area (Å²) in [6, 6.07) is 0.124. The summed E-state index contributed by atoms with van der Waals surface area (Å²) in [6.45, 7) is 0.615. The number of aliphatic hydroxyl groups is 1. The van der Waals surface area contributed by atoms with E-state index >= 15 is 0 Å². The first-order valence-electron chi connectivity index (χ1n) is 7.96. The second-order valence-corrected chi connectivity index (χ2v) is 6.49. The fourth-order valence-corrected chi connectivity index (χ4v) is 3.80. The van der Waals surface area contributed by atoms with Gasteiger partial charge in [-0.15, -0.1) is 0 Å². The van der Waals surface area contributed by atoms with Crippen molar-refractivity contribution in [1.82, 2.24) is 19.8 Å². The first-order valence-corrected chi connectivity index (χ1v) is 7.96. The van der Waals surface area contributed by atoms with Gasteiger partial charge in [0.1, 0.15) is 6.61 Å². The lowest BCUT2D eigenvalue weighted by Crippen LogP contribution is -2.47. The Bertz CT molecular complexity index is 584. The van der Waals surface area contributed by atoms with Gasteiger partial charge in [0.15, 0.2) is 0 Å². The van der Waals surface area contributed by atoms with Crippen molar-refractivity contribution in [2.75, 3.05) is 26.7 Å². The molecule has 1 spiro atoms. The molecule has 124 valence electrons. The van der Waals surface area contributed by atoms with Gasteiger partial charge in [0.2, 0.25) is 11.8 Å². The van der Waals surface area contributed by atoms with Crippen molar-refractivity contribution in [1.29, 1.82) is 0 Å². The summed E-state index contributed by atoms with van der Waals surface area (Å²) >= 11 is 0. The number of rotatable bonds is 3. The van der Waals surface area contributed by atoms with Crippen LogP contribution in [0.5, 0.6) is 0 Å². The maximum Gasteiger partial charge on any atom is 0.248 e. The third-order valence-corrected chi connectivity index (χ3v) is 5.22. The SMILES string of the molecule is CN1C(=O)C2(CCN(C(=O)CO)CC2)CC1Cc1cnccn1. The van der Waals surface area contributed by atoms with Gasteiger partial charge in [-0.2, -0.15) is 0 Å². The highest BCUT2D eigenvalue weighted by Crippen LogP contribution is 2.44. The molecule has 1 aromatic heterocycles. The average molecular weight is 318 g/mol. The van der Waals surface area contributed by atoms with Crippen LogP contribution in [-0.2, 0) is 16.0 Å². The van der Waals surface area contributed by atoms with E-state index in [1.807, 2.05) is 11.9 Å². The highest BCUT2D eigenvalue weighted by Gasteiger charge is 2.51. The maximum atomic E-state index is 12.8. The summed E-state index contributed by atoms with van der Waals surface area (Å²) in [5.41, 5.74) is 0.524. The van der Waals surface area contributed by atoms with Gasteiger partial charge in [0.05, 0.1) is 11.1 Å². The van der Waals surface area contributed by atoms with Gasteiger partial charge in [-0.1, -0.05) is 0 Å². The number of aromatic nitrogens is 2. The number of amides is 2. The van der Waals surface area contributed by atoms with Gasteiger partial charge < -0.3 is 14.9 Å². The van der Waals surface area contributed by atoms with E-state index in [9.17, 15) is 9.59 Å². The number of hydrogen-bond donors (Lipinski definition) is 1. The standard InChI is InChI=1S/C16H22N4O3/c1-19-13(8-12-10-17-4-5-18-12)9-16(15(19)23)2-6-20(7-3-16)14(22)11-21/h4-5,10,13,21H,2-3,6-9,11H2,1H3. The third-order valence-electron chi connectivity index (χ3n) is 5.22. The number of piperidine rings is 1. The van der Waals surface area contributed by atoms with Gasteiger partial charge in [-0.05, 0) is 19.3 Å². The van der Waals surface area contributed by atoms with Crippen molar-refractivity contribution in [2.24, 2.45) is 5.41 Å². The summed E-state index contributed by atoms with van der Waals surface area (Å²) in [4.78, 5) is 36.2. The van der Waals surface area contributed by atoms with Gasteiger partial charge in [-0.3, -0.25) is 19.6 Å². The highest BCUT2D eigenvalue weighted by molar-refractivity contribution is 5.86. The number of hydrogen-bond acceptors (Lipinski definition) is 5. The molecule has 2 fully saturated rings. The van der Waals surface area contributed by atoms with Gasteiger partial charge in [0, 0.05) is 51.2 Å².